The Bertz CT molecular complexity index is 564. The first-order valence-corrected chi connectivity index (χ1v) is 7.12. The van der Waals surface area contributed by atoms with Crippen molar-refractivity contribution >= 4 is 15.9 Å². The topological polar surface area (TPSA) is 38.7 Å². The normalized spacial score (nSPS) is 12.0. The van der Waals surface area contributed by atoms with Crippen LogP contribution in [0.15, 0.2) is 46.9 Å². The highest BCUT2D eigenvalue weighted by Crippen LogP contribution is 2.24. The van der Waals surface area contributed by atoms with Gasteiger partial charge in [0.1, 0.15) is 18.1 Å². The molecule has 3 nitrogen and oxygen atoms in total. The largest absolute Gasteiger partial charge is 0.497 e. The first-order valence-electron chi connectivity index (χ1n) is 6.33. The van der Waals surface area contributed by atoms with Crippen LogP contribution in [0, 0.1) is 0 Å². The van der Waals surface area contributed by atoms with Crippen LogP contribution in [-0.2, 0) is 6.61 Å². The Morgan fingerprint density at radius 2 is 1.75 bits per heavy atom. The Morgan fingerprint density at radius 3 is 2.35 bits per heavy atom. The van der Waals surface area contributed by atoms with E-state index in [2.05, 4.69) is 15.9 Å². The molecule has 0 saturated heterocycles. The number of ether oxygens (including phenoxy) is 2. The highest BCUT2D eigenvalue weighted by atomic mass is 79.9. The molecule has 2 rings (SSSR count). The van der Waals surface area contributed by atoms with Crippen LogP contribution in [0.2, 0.25) is 0 Å². The summed E-state index contributed by atoms with van der Waals surface area (Å²) < 4.78 is 11.9. The summed E-state index contributed by atoms with van der Waals surface area (Å²) in [6.45, 7) is 2.19. The van der Waals surface area contributed by atoms with E-state index in [4.69, 9.17) is 9.47 Å². The molecule has 0 aliphatic heterocycles. The Hall–Kier alpha value is -1.52. The number of benzene rings is 2. The minimum absolute atomic E-state index is 0.450. The molecule has 0 aliphatic rings. The highest BCUT2D eigenvalue weighted by molar-refractivity contribution is 9.10. The SMILES string of the molecule is COc1ccc(Br)c(COc2ccc([C@@H](C)O)cc2)c1. The van der Waals surface area contributed by atoms with Crippen molar-refractivity contribution in [3.63, 3.8) is 0 Å². The molecule has 106 valence electrons. The standard InChI is InChI=1S/C16H17BrO3/c1-11(18)12-3-5-14(6-4-12)20-10-13-9-15(19-2)7-8-16(13)17/h3-9,11,18H,10H2,1-2H3/t11-/m1/s1. The molecule has 0 saturated carbocycles. The Kier molecular flexibility index (Phi) is 5.04. The van der Waals surface area contributed by atoms with Gasteiger partial charge in [0.15, 0.2) is 0 Å². The summed E-state index contributed by atoms with van der Waals surface area (Å²) in [7, 11) is 1.64. The third-order valence-corrected chi connectivity index (χ3v) is 3.78. The van der Waals surface area contributed by atoms with Gasteiger partial charge in [-0.2, -0.15) is 0 Å². The zero-order chi connectivity index (χ0) is 14.5. The van der Waals surface area contributed by atoms with Crippen molar-refractivity contribution in [3.05, 3.63) is 58.1 Å². The van der Waals surface area contributed by atoms with Crippen LogP contribution in [0.5, 0.6) is 11.5 Å². The summed E-state index contributed by atoms with van der Waals surface area (Å²) in [5, 5.41) is 9.46. The van der Waals surface area contributed by atoms with Gasteiger partial charge in [0.2, 0.25) is 0 Å². The fraction of sp³-hybridized carbons (Fsp3) is 0.250. The van der Waals surface area contributed by atoms with Crippen molar-refractivity contribution in [1.29, 1.82) is 0 Å². The fourth-order valence-electron chi connectivity index (χ4n) is 1.79. The second-order valence-corrected chi connectivity index (χ2v) is 5.35. The summed E-state index contributed by atoms with van der Waals surface area (Å²) in [5.74, 6) is 1.57. The average Bonchev–Trinajstić information content (AvgIpc) is 2.47. The summed E-state index contributed by atoms with van der Waals surface area (Å²) in [6.07, 6.45) is -0.462. The van der Waals surface area contributed by atoms with Crippen LogP contribution in [-0.4, -0.2) is 12.2 Å². The zero-order valence-corrected chi connectivity index (χ0v) is 13.1. The van der Waals surface area contributed by atoms with E-state index in [0.29, 0.717) is 6.61 Å². The minimum atomic E-state index is -0.462. The third-order valence-electron chi connectivity index (χ3n) is 3.01. The van der Waals surface area contributed by atoms with Gasteiger partial charge in [0, 0.05) is 10.0 Å². The van der Waals surface area contributed by atoms with Crippen LogP contribution in [0.3, 0.4) is 0 Å². The number of hydrogen-bond donors (Lipinski definition) is 1. The molecule has 0 unspecified atom stereocenters. The van der Waals surface area contributed by atoms with Crippen molar-refractivity contribution in [2.75, 3.05) is 7.11 Å². The maximum atomic E-state index is 9.46. The van der Waals surface area contributed by atoms with E-state index in [1.54, 1.807) is 14.0 Å². The first-order chi connectivity index (χ1) is 9.60. The molecule has 20 heavy (non-hydrogen) atoms. The van der Waals surface area contributed by atoms with E-state index >= 15 is 0 Å². The van der Waals surface area contributed by atoms with Crippen LogP contribution in [0.4, 0.5) is 0 Å². The van der Waals surface area contributed by atoms with Crippen LogP contribution in [0.25, 0.3) is 0 Å². The van der Waals surface area contributed by atoms with Gasteiger partial charge in [0.05, 0.1) is 13.2 Å². The molecule has 2 aromatic rings. The lowest BCUT2D eigenvalue weighted by molar-refractivity contribution is 0.199. The molecule has 0 radical (unpaired) electrons. The molecule has 0 heterocycles. The number of methoxy groups -OCH3 is 1. The Balaban J connectivity index is 2.04. The van der Waals surface area contributed by atoms with Gasteiger partial charge in [0.25, 0.3) is 0 Å². The smallest absolute Gasteiger partial charge is 0.119 e. The van der Waals surface area contributed by atoms with Crippen molar-refractivity contribution in [3.8, 4) is 11.5 Å². The van der Waals surface area contributed by atoms with Crippen molar-refractivity contribution in [2.45, 2.75) is 19.6 Å². The molecule has 4 heteroatoms. The molecule has 0 amide bonds. The zero-order valence-electron chi connectivity index (χ0n) is 11.5. The average molecular weight is 337 g/mol. The van der Waals surface area contributed by atoms with Crippen molar-refractivity contribution in [1.82, 2.24) is 0 Å². The van der Waals surface area contributed by atoms with Gasteiger partial charge in [-0.1, -0.05) is 28.1 Å². The maximum absolute atomic E-state index is 9.46. The van der Waals surface area contributed by atoms with Crippen molar-refractivity contribution in [2.24, 2.45) is 0 Å². The van der Waals surface area contributed by atoms with Gasteiger partial charge in [-0.05, 0) is 42.8 Å². The fourth-order valence-corrected chi connectivity index (χ4v) is 2.15. The van der Waals surface area contributed by atoms with Gasteiger partial charge in [-0.25, -0.2) is 0 Å². The van der Waals surface area contributed by atoms with Crippen molar-refractivity contribution < 1.29 is 14.6 Å². The van der Waals surface area contributed by atoms with E-state index in [9.17, 15) is 5.11 Å². The lowest BCUT2D eigenvalue weighted by Gasteiger charge is -2.10. The Morgan fingerprint density at radius 1 is 1.10 bits per heavy atom. The number of hydrogen-bond acceptors (Lipinski definition) is 3. The molecule has 0 aliphatic carbocycles. The molecule has 0 fully saturated rings. The number of aliphatic hydroxyl groups is 1. The number of rotatable bonds is 5. The van der Waals surface area contributed by atoms with Gasteiger partial charge >= 0.3 is 0 Å². The summed E-state index contributed by atoms with van der Waals surface area (Å²) in [6, 6.07) is 13.2. The molecule has 1 N–H and O–H groups in total. The van der Waals surface area contributed by atoms with E-state index in [-0.39, 0.29) is 0 Å². The maximum Gasteiger partial charge on any atom is 0.119 e. The highest BCUT2D eigenvalue weighted by Gasteiger charge is 2.04. The molecule has 0 bridgehead atoms. The number of aliphatic hydroxyl groups excluding tert-OH is 1. The van der Waals surface area contributed by atoms with E-state index in [1.807, 2.05) is 42.5 Å². The van der Waals surface area contributed by atoms with Crippen LogP contribution in [0.1, 0.15) is 24.2 Å². The van der Waals surface area contributed by atoms with Crippen LogP contribution < -0.4 is 9.47 Å². The Labute approximate surface area is 127 Å². The predicted molar refractivity (Wildman–Crippen MR) is 82.1 cm³/mol. The molecule has 0 aromatic heterocycles. The second-order valence-electron chi connectivity index (χ2n) is 4.49. The van der Waals surface area contributed by atoms with E-state index in [1.165, 1.54) is 0 Å². The third kappa shape index (κ3) is 3.74. The predicted octanol–water partition coefficient (Wildman–Crippen LogP) is 4.09. The second kappa shape index (κ2) is 6.77. The minimum Gasteiger partial charge on any atom is -0.497 e. The molecule has 2 aromatic carbocycles. The van der Waals surface area contributed by atoms with E-state index < -0.39 is 6.10 Å². The summed E-state index contributed by atoms with van der Waals surface area (Å²) >= 11 is 3.50. The lowest BCUT2D eigenvalue weighted by Crippen LogP contribution is -1.98. The molecule has 0 spiro atoms. The van der Waals surface area contributed by atoms with Gasteiger partial charge < -0.3 is 14.6 Å². The molecular formula is C16H17BrO3. The first kappa shape index (κ1) is 14.9. The van der Waals surface area contributed by atoms with Gasteiger partial charge in [-0.3, -0.25) is 0 Å². The molecular weight excluding hydrogens is 320 g/mol. The summed E-state index contributed by atoms with van der Waals surface area (Å²) in [5.41, 5.74) is 1.89. The quantitative estimate of drug-likeness (QED) is 0.893. The lowest BCUT2D eigenvalue weighted by atomic mass is 10.1. The monoisotopic (exact) mass is 336 g/mol. The summed E-state index contributed by atoms with van der Waals surface area (Å²) in [4.78, 5) is 0. The van der Waals surface area contributed by atoms with Crippen LogP contribution >= 0.6 is 15.9 Å². The van der Waals surface area contributed by atoms with Gasteiger partial charge in [-0.15, -0.1) is 0 Å². The molecule has 1 atom stereocenters. The number of halogens is 1. The van der Waals surface area contributed by atoms with E-state index in [0.717, 1.165) is 27.1 Å².